The number of methoxy groups -OCH3 is 1. The molecule has 0 N–H and O–H groups in total. The van der Waals surface area contributed by atoms with Gasteiger partial charge in [-0.1, -0.05) is 29.8 Å². The lowest BCUT2D eigenvalue weighted by Gasteiger charge is -2.24. The number of anilines is 1. The minimum absolute atomic E-state index is 0.301. The van der Waals surface area contributed by atoms with Gasteiger partial charge in [0.05, 0.1) is 18.7 Å². The summed E-state index contributed by atoms with van der Waals surface area (Å²) in [6, 6.07) is 13.0. The molecule has 1 atom stereocenters. The molecule has 0 aliphatic carbocycles. The van der Waals surface area contributed by atoms with E-state index in [1.807, 2.05) is 43.3 Å². The number of carbonyl (C=O) groups is 2. The molecule has 1 aliphatic heterocycles. The lowest BCUT2D eigenvalue weighted by atomic mass is 9.92. The molecule has 5 nitrogen and oxygen atoms in total. The van der Waals surface area contributed by atoms with Crippen molar-refractivity contribution in [3.8, 4) is 5.75 Å². The number of fused-ring (bicyclic) bond motifs is 1. The average Bonchev–Trinajstić information content (AvgIpc) is 2.84. The molecule has 0 radical (unpaired) electrons. The van der Waals surface area contributed by atoms with Crippen LogP contribution in [0.4, 0.5) is 10.5 Å². The van der Waals surface area contributed by atoms with Crippen LogP contribution in [0.15, 0.2) is 42.5 Å². The molecule has 0 bridgehead atoms. The van der Waals surface area contributed by atoms with Gasteiger partial charge in [-0.05, 0) is 57.0 Å². The molecule has 0 spiro atoms. The Labute approximate surface area is 153 Å². The number of nitrogens with zero attached hydrogens (tertiary/aromatic N) is 1. The third kappa shape index (κ3) is 3.29. The van der Waals surface area contributed by atoms with Gasteiger partial charge in [-0.15, -0.1) is 0 Å². The summed E-state index contributed by atoms with van der Waals surface area (Å²) in [5.74, 6) is -0.124. The molecule has 2 aromatic rings. The van der Waals surface area contributed by atoms with Crippen molar-refractivity contribution >= 4 is 17.7 Å². The zero-order valence-corrected chi connectivity index (χ0v) is 15.7. The van der Waals surface area contributed by atoms with E-state index >= 15 is 0 Å². The predicted octanol–water partition coefficient (Wildman–Crippen LogP) is 4.42. The van der Waals surface area contributed by atoms with Crippen LogP contribution in [0.5, 0.6) is 5.75 Å². The van der Waals surface area contributed by atoms with E-state index in [-0.39, 0.29) is 5.91 Å². The van der Waals surface area contributed by atoms with Crippen LogP contribution in [0.3, 0.4) is 0 Å². The molecule has 1 aliphatic rings. The topological polar surface area (TPSA) is 55.8 Å². The first kappa shape index (κ1) is 18.0. The quantitative estimate of drug-likeness (QED) is 0.802. The van der Waals surface area contributed by atoms with Crippen LogP contribution < -0.4 is 9.64 Å². The van der Waals surface area contributed by atoms with Crippen molar-refractivity contribution in [2.24, 2.45) is 0 Å². The molecule has 3 rings (SSSR count). The monoisotopic (exact) mass is 353 g/mol. The van der Waals surface area contributed by atoms with Gasteiger partial charge in [0.25, 0.3) is 0 Å². The highest BCUT2D eigenvalue weighted by atomic mass is 16.6. The number of amides is 2. The van der Waals surface area contributed by atoms with Gasteiger partial charge in [0, 0.05) is 0 Å². The van der Waals surface area contributed by atoms with E-state index in [0.29, 0.717) is 11.4 Å². The molecule has 1 unspecified atom stereocenters. The van der Waals surface area contributed by atoms with Gasteiger partial charge in [0.1, 0.15) is 11.4 Å². The van der Waals surface area contributed by atoms with Crippen LogP contribution in [-0.4, -0.2) is 24.7 Å². The second-order valence-electron chi connectivity index (χ2n) is 7.42. The average molecular weight is 353 g/mol. The van der Waals surface area contributed by atoms with E-state index in [1.54, 1.807) is 33.9 Å². The van der Waals surface area contributed by atoms with Gasteiger partial charge in [0.15, 0.2) is 0 Å². The summed E-state index contributed by atoms with van der Waals surface area (Å²) >= 11 is 0. The van der Waals surface area contributed by atoms with Gasteiger partial charge in [-0.3, -0.25) is 4.79 Å². The van der Waals surface area contributed by atoms with Crippen molar-refractivity contribution in [2.45, 2.75) is 39.2 Å². The Morgan fingerprint density at radius 2 is 1.73 bits per heavy atom. The maximum atomic E-state index is 13.1. The van der Waals surface area contributed by atoms with Crippen LogP contribution >= 0.6 is 0 Å². The minimum atomic E-state index is -0.680. The summed E-state index contributed by atoms with van der Waals surface area (Å²) in [5.41, 5.74) is 2.55. The maximum absolute atomic E-state index is 13.1. The van der Waals surface area contributed by atoms with Gasteiger partial charge in [-0.25, -0.2) is 9.69 Å². The van der Waals surface area contributed by atoms with Gasteiger partial charge in [-0.2, -0.15) is 0 Å². The highest BCUT2D eigenvalue weighted by Gasteiger charge is 2.43. The maximum Gasteiger partial charge on any atom is 0.421 e. The van der Waals surface area contributed by atoms with Gasteiger partial charge < -0.3 is 9.47 Å². The Balaban J connectivity index is 2.05. The summed E-state index contributed by atoms with van der Waals surface area (Å²) in [6.07, 6.45) is -0.649. The van der Waals surface area contributed by atoms with E-state index in [2.05, 4.69) is 0 Å². The normalized spacial score (nSPS) is 16.4. The SMILES string of the molecule is COc1ccc(C2C(=O)N(C(=O)OC(C)(C)C)c3ccc(C)cc32)cc1. The van der Waals surface area contributed by atoms with Crippen LogP contribution in [0, 0.1) is 6.92 Å². The number of benzene rings is 2. The lowest BCUT2D eigenvalue weighted by Crippen LogP contribution is -2.39. The van der Waals surface area contributed by atoms with Crippen molar-refractivity contribution < 1.29 is 19.1 Å². The molecular weight excluding hydrogens is 330 g/mol. The molecule has 26 heavy (non-hydrogen) atoms. The summed E-state index contributed by atoms with van der Waals surface area (Å²) < 4.78 is 10.6. The van der Waals surface area contributed by atoms with Gasteiger partial charge >= 0.3 is 6.09 Å². The molecular formula is C21H23NO4. The Kier molecular flexibility index (Phi) is 4.48. The highest BCUT2D eigenvalue weighted by Crippen LogP contribution is 2.42. The van der Waals surface area contributed by atoms with E-state index in [4.69, 9.17) is 9.47 Å². The molecule has 1 heterocycles. The van der Waals surface area contributed by atoms with Crippen molar-refractivity contribution in [3.63, 3.8) is 0 Å². The fourth-order valence-corrected chi connectivity index (χ4v) is 3.10. The third-order valence-electron chi connectivity index (χ3n) is 4.23. The van der Waals surface area contributed by atoms with Crippen molar-refractivity contribution in [1.82, 2.24) is 0 Å². The van der Waals surface area contributed by atoms with Crippen LogP contribution in [0.1, 0.15) is 43.4 Å². The number of carbonyl (C=O) groups excluding carboxylic acids is 2. The number of rotatable bonds is 2. The number of hydrogen-bond donors (Lipinski definition) is 0. The summed E-state index contributed by atoms with van der Waals surface area (Å²) in [4.78, 5) is 27.0. The zero-order valence-electron chi connectivity index (χ0n) is 15.7. The number of ether oxygens (including phenoxy) is 2. The molecule has 2 amide bonds. The number of aryl methyl sites for hydroxylation is 1. The Morgan fingerprint density at radius 1 is 1.08 bits per heavy atom. The van der Waals surface area contributed by atoms with E-state index in [9.17, 15) is 9.59 Å². The Hall–Kier alpha value is -2.82. The smallest absolute Gasteiger partial charge is 0.421 e. The van der Waals surface area contributed by atoms with Crippen molar-refractivity contribution in [3.05, 3.63) is 59.2 Å². The van der Waals surface area contributed by atoms with E-state index in [1.165, 1.54) is 0 Å². The number of hydrogen-bond acceptors (Lipinski definition) is 4. The minimum Gasteiger partial charge on any atom is -0.497 e. The first-order valence-corrected chi connectivity index (χ1v) is 8.53. The van der Waals surface area contributed by atoms with E-state index < -0.39 is 17.6 Å². The van der Waals surface area contributed by atoms with Crippen LogP contribution in [-0.2, 0) is 9.53 Å². The first-order chi connectivity index (χ1) is 12.2. The molecule has 5 heteroatoms. The van der Waals surface area contributed by atoms with Crippen LogP contribution in [0.25, 0.3) is 0 Å². The van der Waals surface area contributed by atoms with Crippen molar-refractivity contribution in [2.75, 3.05) is 12.0 Å². The molecule has 0 aromatic heterocycles. The van der Waals surface area contributed by atoms with E-state index in [0.717, 1.165) is 21.6 Å². The molecule has 136 valence electrons. The first-order valence-electron chi connectivity index (χ1n) is 8.53. The fraction of sp³-hybridized carbons (Fsp3) is 0.333. The zero-order chi connectivity index (χ0) is 19.1. The molecule has 0 fully saturated rings. The van der Waals surface area contributed by atoms with Gasteiger partial charge in [0.2, 0.25) is 5.91 Å². The van der Waals surface area contributed by atoms with Crippen molar-refractivity contribution in [1.29, 1.82) is 0 Å². The largest absolute Gasteiger partial charge is 0.497 e. The highest BCUT2D eigenvalue weighted by molar-refractivity contribution is 6.20. The molecule has 0 saturated carbocycles. The summed E-state index contributed by atoms with van der Waals surface area (Å²) in [5, 5.41) is 0. The lowest BCUT2D eigenvalue weighted by molar-refractivity contribution is -0.118. The van der Waals surface area contributed by atoms with Crippen LogP contribution in [0.2, 0.25) is 0 Å². The summed E-state index contributed by atoms with van der Waals surface area (Å²) in [7, 11) is 1.60. The second-order valence-corrected chi connectivity index (χ2v) is 7.42. The Morgan fingerprint density at radius 3 is 2.31 bits per heavy atom. The predicted molar refractivity (Wildman–Crippen MR) is 99.7 cm³/mol. The second kappa shape index (κ2) is 6.48. The Bertz CT molecular complexity index is 849. The third-order valence-corrected chi connectivity index (χ3v) is 4.23. The fourth-order valence-electron chi connectivity index (χ4n) is 3.10. The molecule has 0 saturated heterocycles. The molecule has 2 aromatic carbocycles. The number of imide groups is 1. The standard InChI is InChI=1S/C21H23NO4/c1-13-6-11-17-16(12-13)18(14-7-9-15(25-5)10-8-14)19(23)22(17)20(24)26-21(2,3)4/h6-12,18H,1-5H3. The summed E-state index contributed by atoms with van der Waals surface area (Å²) in [6.45, 7) is 7.30.